The van der Waals surface area contributed by atoms with Crippen molar-refractivity contribution in [3.63, 3.8) is 0 Å². The van der Waals surface area contributed by atoms with E-state index < -0.39 is 15.6 Å². The van der Waals surface area contributed by atoms with Crippen molar-refractivity contribution in [3.8, 4) is 0 Å². The maximum absolute atomic E-state index is 12.3. The first-order valence-corrected chi connectivity index (χ1v) is 6.95. The minimum Gasteiger partial charge on any atom is -0.387 e. The molecule has 0 spiro atoms. The maximum atomic E-state index is 12.3. The number of sulfonamides is 1. The van der Waals surface area contributed by atoms with E-state index in [9.17, 15) is 8.42 Å². The molecular formula is C11H19N3O3S. The van der Waals surface area contributed by atoms with E-state index >= 15 is 0 Å². The molecule has 0 atom stereocenters. The number of hydrogen-bond acceptors (Lipinski definition) is 5. The minimum atomic E-state index is -3.64. The van der Waals surface area contributed by atoms with Crippen LogP contribution in [0.1, 0.15) is 13.8 Å². The zero-order valence-corrected chi connectivity index (χ0v) is 11.8. The lowest BCUT2D eigenvalue weighted by Crippen LogP contribution is -2.46. The van der Waals surface area contributed by atoms with Crippen LogP contribution in [0.15, 0.2) is 23.4 Å². The Morgan fingerprint density at radius 1 is 1.44 bits per heavy atom. The number of pyridine rings is 1. The highest BCUT2D eigenvalue weighted by atomic mass is 32.2. The number of nitrogens with zero attached hydrogens (tertiary/aromatic N) is 1. The van der Waals surface area contributed by atoms with E-state index in [1.54, 1.807) is 27.0 Å². The van der Waals surface area contributed by atoms with Crippen LogP contribution in [0.4, 0.5) is 5.69 Å². The second-order valence-corrected chi connectivity index (χ2v) is 6.20. The van der Waals surface area contributed by atoms with E-state index in [1.807, 2.05) is 0 Å². The topological polar surface area (TPSA) is 80.3 Å². The van der Waals surface area contributed by atoms with Crippen LogP contribution in [0.5, 0.6) is 0 Å². The van der Waals surface area contributed by atoms with E-state index in [1.165, 1.54) is 19.5 Å². The van der Waals surface area contributed by atoms with Crippen molar-refractivity contribution in [1.29, 1.82) is 0 Å². The van der Waals surface area contributed by atoms with Crippen LogP contribution in [-0.4, -0.2) is 39.7 Å². The summed E-state index contributed by atoms with van der Waals surface area (Å²) < 4.78 is 32.1. The average Bonchev–Trinajstić information content (AvgIpc) is 2.27. The van der Waals surface area contributed by atoms with Crippen molar-refractivity contribution in [2.45, 2.75) is 24.3 Å². The predicted octanol–water partition coefficient (Wildman–Crippen LogP) is 0.827. The Kier molecular flexibility index (Phi) is 4.66. The van der Waals surface area contributed by atoms with Gasteiger partial charge in [0.25, 0.3) is 0 Å². The molecule has 0 aliphatic carbocycles. The number of hydrogen-bond donors (Lipinski definition) is 2. The van der Waals surface area contributed by atoms with E-state index in [2.05, 4.69) is 15.0 Å². The number of anilines is 1. The molecule has 18 heavy (non-hydrogen) atoms. The lowest BCUT2D eigenvalue weighted by atomic mass is 10.1. The van der Waals surface area contributed by atoms with Crippen molar-refractivity contribution in [1.82, 2.24) is 9.71 Å². The number of aromatic nitrogens is 1. The van der Waals surface area contributed by atoms with Crippen LogP contribution < -0.4 is 10.0 Å². The van der Waals surface area contributed by atoms with E-state index in [4.69, 9.17) is 4.74 Å². The summed E-state index contributed by atoms with van der Waals surface area (Å²) in [5.74, 6) is 0. The van der Waals surface area contributed by atoms with E-state index in [0.29, 0.717) is 5.69 Å². The molecule has 0 aromatic carbocycles. The van der Waals surface area contributed by atoms with Crippen molar-refractivity contribution in [2.75, 3.05) is 26.1 Å². The molecule has 0 amide bonds. The zero-order chi connectivity index (χ0) is 13.8. The molecule has 1 rings (SSSR count). The van der Waals surface area contributed by atoms with E-state index in [0.717, 1.165) is 0 Å². The molecule has 0 aliphatic heterocycles. The van der Waals surface area contributed by atoms with Crippen LogP contribution in [0.2, 0.25) is 0 Å². The Bertz CT molecular complexity index is 500. The first-order valence-electron chi connectivity index (χ1n) is 5.47. The number of rotatable bonds is 6. The van der Waals surface area contributed by atoms with Gasteiger partial charge < -0.3 is 10.1 Å². The smallest absolute Gasteiger partial charge is 0.244 e. The summed E-state index contributed by atoms with van der Waals surface area (Å²) in [6, 6.07) is 1.61. The van der Waals surface area contributed by atoms with Gasteiger partial charge in [-0.2, -0.15) is 0 Å². The molecule has 0 fully saturated rings. The van der Waals surface area contributed by atoms with Gasteiger partial charge in [0.2, 0.25) is 10.0 Å². The summed E-state index contributed by atoms with van der Waals surface area (Å²) >= 11 is 0. The standard InChI is InChI=1S/C11H19N3O3S/c1-11(2,8-17-4)14-18(15,16)10-7-13-6-5-9(10)12-3/h5-7,14H,8H2,1-4H3,(H,12,13). The molecule has 0 saturated carbocycles. The molecule has 0 bridgehead atoms. The SMILES string of the molecule is CNc1ccncc1S(=O)(=O)NC(C)(C)COC. The van der Waals surface area contributed by atoms with Gasteiger partial charge >= 0.3 is 0 Å². The summed E-state index contributed by atoms with van der Waals surface area (Å²) in [5, 5.41) is 2.83. The summed E-state index contributed by atoms with van der Waals surface area (Å²) in [6.07, 6.45) is 2.85. The van der Waals surface area contributed by atoms with Crippen molar-refractivity contribution in [2.24, 2.45) is 0 Å². The fourth-order valence-electron chi connectivity index (χ4n) is 1.61. The molecule has 1 aromatic heterocycles. The molecule has 0 aliphatic rings. The zero-order valence-electron chi connectivity index (χ0n) is 11.0. The van der Waals surface area contributed by atoms with Gasteiger partial charge in [-0.25, -0.2) is 13.1 Å². The van der Waals surface area contributed by atoms with Crippen molar-refractivity contribution in [3.05, 3.63) is 18.5 Å². The van der Waals surface area contributed by atoms with Gasteiger partial charge in [0, 0.05) is 26.6 Å². The minimum absolute atomic E-state index is 0.122. The first-order chi connectivity index (χ1) is 8.32. The molecule has 0 radical (unpaired) electrons. The molecule has 2 N–H and O–H groups in total. The Morgan fingerprint density at radius 3 is 2.67 bits per heavy atom. The molecule has 7 heteroatoms. The molecule has 0 unspecified atom stereocenters. The quantitative estimate of drug-likeness (QED) is 0.802. The van der Waals surface area contributed by atoms with Gasteiger partial charge in [0.15, 0.2) is 0 Å². The molecule has 102 valence electrons. The Morgan fingerprint density at radius 2 is 2.11 bits per heavy atom. The Balaban J connectivity index is 3.07. The number of methoxy groups -OCH3 is 1. The lowest BCUT2D eigenvalue weighted by Gasteiger charge is -2.25. The van der Waals surface area contributed by atoms with Crippen LogP contribution in [0.3, 0.4) is 0 Å². The van der Waals surface area contributed by atoms with Crippen LogP contribution in [-0.2, 0) is 14.8 Å². The summed E-state index contributed by atoms with van der Waals surface area (Å²) in [5.41, 5.74) is -0.181. The van der Waals surface area contributed by atoms with Crippen molar-refractivity contribution >= 4 is 15.7 Å². The highest BCUT2D eigenvalue weighted by molar-refractivity contribution is 7.89. The summed E-state index contributed by atoms with van der Waals surface area (Å²) in [7, 11) is -0.450. The van der Waals surface area contributed by atoms with Crippen LogP contribution in [0.25, 0.3) is 0 Å². The highest BCUT2D eigenvalue weighted by Crippen LogP contribution is 2.20. The molecule has 0 saturated heterocycles. The predicted molar refractivity (Wildman–Crippen MR) is 70.1 cm³/mol. The van der Waals surface area contributed by atoms with Gasteiger partial charge in [-0.15, -0.1) is 0 Å². The number of ether oxygens (including phenoxy) is 1. The molecular weight excluding hydrogens is 254 g/mol. The maximum Gasteiger partial charge on any atom is 0.244 e. The monoisotopic (exact) mass is 273 g/mol. The van der Waals surface area contributed by atoms with Crippen LogP contribution in [0, 0.1) is 0 Å². The Hall–Kier alpha value is -1.18. The van der Waals surface area contributed by atoms with Gasteiger partial charge in [-0.05, 0) is 19.9 Å². The van der Waals surface area contributed by atoms with Crippen molar-refractivity contribution < 1.29 is 13.2 Å². The fourth-order valence-corrected chi connectivity index (χ4v) is 3.17. The molecule has 1 heterocycles. The second kappa shape index (κ2) is 5.64. The fraction of sp³-hybridized carbons (Fsp3) is 0.545. The van der Waals surface area contributed by atoms with Gasteiger partial charge in [0.05, 0.1) is 17.8 Å². The third-order valence-corrected chi connectivity index (χ3v) is 3.98. The largest absolute Gasteiger partial charge is 0.387 e. The normalized spacial score (nSPS) is 12.4. The first kappa shape index (κ1) is 14.9. The summed E-state index contributed by atoms with van der Waals surface area (Å²) in [6.45, 7) is 3.79. The lowest BCUT2D eigenvalue weighted by molar-refractivity contribution is 0.141. The Labute approximate surface area is 108 Å². The van der Waals surface area contributed by atoms with Crippen LogP contribution >= 0.6 is 0 Å². The van der Waals surface area contributed by atoms with E-state index in [-0.39, 0.29) is 11.5 Å². The van der Waals surface area contributed by atoms with Gasteiger partial charge in [0.1, 0.15) is 4.90 Å². The van der Waals surface area contributed by atoms with Gasteiger partial charge in [-0.3, -0.25) is 4.98 Å². The molecule has 6 nitrogen and oxygen atoms in total. The third-order valence-electron chi connectivity index (χ3n) is 2.26. The highest BCUT2D eigenvalue weighted by Gasteiger charge is 2.27. The number of nitrogens with one attached hydrogen (secondary N) is 2. The summed E-state index contributed by atoms with van der Waals surface area (Å²) in [4.78, 5) is 3.97. The third kappa shape index (κ3) is 3.66. The average molecular weight is 273 g/mol. The molecule has 1 aromatic rings. The van der Waals surface area contributed by atoms with Gasteiger partial charge in [-0.1, -0.05) is 0 Å². The second-order valence-electron chi connectivity index (χ2n) is 4.54.